The second-order valence-corrected chi connectivity index (χ2v) is 12.3. The lowest BCUT2D eigenvalue weighted by Gasteiger charge is -2.42. The number of carbonyl (C=O) groups excluding carboxylic acids is 4. The van der Waals surface area contributed by atoms with Gasteiger partial charge in [-0.1, -0.05) is 37.1 Å². The largest absolute Gasteiger partial charge is 0.467 e. The first-order valence-corrected chi connectivity index (χ1v) is 16.4. The summed E-state index contributed by atoms with van der Waals surface area (Å²) < 4.78 is 80.6. The predicted octanol–water partition coefficient (Wildman–Crippen LogP) is 5.94. The first-order chi connectivity index (χ1) is 23.6. The third-order valence-corrected chi connectivity index (χ3v) is 9.24. The summed E-state index contributed by atoms with van der Waals surface area (Å²) in [7, 11) is 2.25. The molecule has 3 amide bonds. The minimum absolute atomic E-state index is 0. The number of nitrogens with one attached hydrogen (secondary N) is 1. The van der Waals surface area contributed by atoms with E-state index in [9.17, 15) is 45.5 Å². The van der Waals surface area contributed by atoms with Crippen LogP contribution in [-0.2, 0) is 49.4 Å². The van der Waals surface area contributed by atoms with Crippen molar-refractivity contribution >= 4 is 62.3 Å². The summed E-state index contributed by atoms with van der Waals surface area (Å²) >= 11 is 5.66. The highest BCUT2D eigenvalue weighted by molar-refractivity contribution is 7.59. The van der Waals surface area contributed by atoms with Crippen LogP contribution in [0.3, 0.4) is 0 Å². The van der Waals surface area contributed by atoms with Gasteiger partial charge in [0.1, 0.15) is 18.0 Å². The van der Waals surface area contributed by atoms with E-state index >= 15 is 0 Å². The molecule has 1 heterocycles. The summed E-state index contributed by atoms with van der Waals surface area (Å²) in [6, 6.07) is 7.95. The average molecular weight is 821 g/mol. The first-order valence-electron chi connectivity index (χ1n) is 15.9. The Kier molecular flexibility index (Phi) is 20.9. The van der Waals surface area contributed by atoms with E-state index in [0.717, 1.165) is 69.9 Å². The van der Waals surface area contributed by atoms with Crippen molar-refractivity contribution in [1.82, 2.24) is 21.3 Å². The molecule has 2 saturated carbocycles. The Morgan fingerprint density at radius 1 is 0.887 bits per heavy atom. The number of hydrogen-bond acceptors (Lipinski definition) is 7. The molecule has 0 radical (unpaired) electrons. The van der Waals surface area contributed by atoms with Crippen molar-refractivity contribution in [2.75, 3.05) is 26.6 Å². The second-order valence-electron chi connectivity index (χ2n) is 12.1. The number of aliphatic hydroxyl groups is 1. The molecule has 2 aromatic carbocycles. The molecule has 2 aliphatic carbocycles. The minimum Gasteiger partial charge on any atom is -0.467 e. The smallest absolute Gasteiger partial charge is 0.416 e. The second kappa shape index (κ2) is 22.3. The Labute approximate surface area is 323 Å². The number of aliphatic hydroxyl groups excluding tert-OH is 1. The fourth-order valence-corrected chi connectivity index (χ4v) is 6.09. The quantitative estimate of drug-likeness (QED) is 0.161. The zero-order chi connectivity index (χ0) is 37.2. The maximum atomic E-state index is 12.7. The van der Waals surface area contributed by atoms with E-state index in [1.807, 2.05) is 0 Å². The fraction of sp³-hybridized carbons (Fsp3) is 0.529. The Hall–Kier alpha value is -3.19. The molecule has 0 aromatic heterocycles. The number of rotatable bonds is 9. The van der Waals surface area contributed by atoms with Crippen molar-refractivity contribution in [3.63, 3.8) is 0 Å². The molecule has 0 unspecified atom stereocenters. The lowest BCUT2D eigenvalue weighted by Crippen LogP contribution is -2.61. The van der Waals surface area contributed by atoms with Gasteiger partial charge in [-0.3, -0.25) is 14.4 Å². The number of esters is 1. The van der Waals surface area contributed by atoms with Gasteiger partial charge in [0.15, 0.2) is 0 Å². The Bertz CT molecular complexity index is 1460. The van der Waals surface area contributed by atoms with Gasteiger partial charge in [0.05, 0.1) is 24.8 Å². The van der Waals surface area contributed by atoms with Gasteiger partial charge in [-0.05, 0) is 72.9 Å². The molecule has 53 heavy (non-hydrogen) atoms. The number of piperazine rings is 1. The number of carbonyl (C=O) groups is 4. The van der Waals surface area contributed by atoms with Gasteiger partial charge < -0.3 is 31.1 Å². The molecule has 0 bridgehead atoms. The van der Waals surface area contributed by atoms with Crippen LogP contribution in [0.25, 0.3) is 0 Å². The number of ether oxygens (including phenoxy) is 1. The molecule has 2 atom stereocenters. The van der Waals surface area contributed by atoms with Gasteiger partial charge >= 0.3 is 18.3 Å². The third-order valence-electron chi connectivity index (χ3n) is 9.01. The molecule has 1 saturated heterocycles. The highest BCUT2D eigenvalue weighted by atomic mass is 35.5. The molecular formula is C34H47ClF6N4O6S2. The number of alkyl halides is 7. The monoisotopic (exact) mass is 820 g/mol. The van der Waals surface area contributed by atoms with Crippen LogP contribution in [0.1, 0.15) is 60.8 Å². The first kappa shape index (κ1) is 49.8. The number of benzene rings is 2. The number of nitrogens with zero attached hydrogens (tertiary/aromatic N) is 2. The van der Waals surface area contributed by atoms with Crippen molar-refractivity contribution in [2.45, 2.75) is 76.1 Å². The van der Waals surface area contributed by atoms with Gasteiger partial charge in [0, 0.05) is 20.2 Å². The number of methoxy groups -OCH3 is 1. The lowest BCUT2D eigenvalue weighted by molar-refractivity contribution is -0.156. The highest BCUT2D eigenvalue weighted by Gasteiger charge is 2.42. The number of amides is 3. The summed E-state index contributed by atoms with van der Waals surface area (Å²) in [6.45, 7) is 0.105. The van der Waals surface area contributed by atoms with E-state index in [1.165, 1.54) is 41.2 Å². The summed E-state index contributed by atoms with van der Waals surface area (Å²) in [5.74, 6) is -1.54. The van der Waals surface area contributed by atoms with Crippen molar-refractivity contribution in [3.05, 3.63) is 70.8 Å². The zero-order valence-corrected chi connectivity index (χ0v) is 32.0. The molecule has 10 nitrogen and oxygen atoms in total. The van der Waals surface area contributed by atoms with Crippen LogP contribution in [0.5, 0.6) is 0 Å². The molecule has 2 aromatic rings. The van der Waals surface area contributed by atoms with Gasteiger partial charge in [-0.15, -0.1) is 11.6 Å². The van der Waals surface area contributed by atoms with Gasteiger partial charge in [-0.25, -0.2) is 4.79 Å². The van der Waals surface area contributed by atoms with Crippen LogP contribution in [0.2, 0.25) is 0 Å². The average Bonchev–Trinajstić information content (AvgIpc) is 3.04. The fourth-order valence-electron chi connectivity index (χ4n) is 5.94. The minimum atomic E-state index is -4.43. The van der Waals surface area contributed by atoms with Crippen molar-refractivity contribution in [1.29, 1.82) is 0 Å². The van der Waals surface area contributed by atoms with Crippen LogP contribution in [-0.4, -0.2) is 77.3 Å². The summed E-state index contributed by atoms with van der Waals surface area (Å²) in [6.07, 6.45) is -3.43. The standard InChI is InChI=1S/C17H19ClF3NO3.C16H17F3N2O2.CH4O.H3N.2H2S/c1-25-16(24)15(12-3-2-4-12)22(14(23)9-18)10-11-5-7-13(8-6-11)17(19,20)21;17-16(18,19)12-6-4-10(5-7-12)9-21-13(22)8-20-15(23)14(21)11-2-1-3-11;1-2;;;/h5-8,12,15H,2-4,9-10H2,1H3;4-7,11,14H,1-3,8-9H2,(H,20,23);2H,1H3;1H3;2*1H2/t15-;14-;;;;/m00..../s1. The molecular weight excluding hydrogens is 774 g/mol. The van der Waals surface area contributed by atoms with E-state index < -0.39 is 47.4 Å². The van der Waals surface area contributed by atoms with Gasteiger partial charge in [0.2, 0.25) is 17.7 Å². The van der Waals surface area contributed by atoms with Gasteiger partial charge in [0.25, 0.3) is 0 Å². The van der Waals surface area contributed by atoms with Crippen LogP contribution < -0.4 is 11.5 Å². The van der Waals surface area contributed by atoms with E-state index in [4.69, 9.17) is 21.4 Å². The lowest BCUT2D eigenvalue weighted by atomic mass is 9.78. The molecule has 3 aliphatic rings. The number of halogens is 7. The van der Waals surface area contributed by atoms with E-state index in [2.05, 4.69) is 5.32 Å². The van der Waals surface area contributed by atoms with Crippen molar-refractivity contribution in [2.24, 2.45) is 11.8 Å². The summed E-state index contributed by atoms with van der Waals surface area (Å²) in [5, 5.41) is 9.60. The molecule has 1 aliphatic heterocycles. The Morgan fingerprint density at radius 2 is 1.36 bits per heavy atom. The molecule has 5 N–H and O–H groups in total. The van der Waals surface area contributed by atoms with Crippen LogP contribution in [0.15, 0.2) is 48.5 Å². The Morgan fingerprint density at radius 3 is 1.74 bits per heavy atom. The molecule has 300 valence electrons. The van der Waals surface area contributed by atoms with Gasteiger partial charge in [-0.2, -0.15) is 53.3 Å². The normalized spacial score (nSPS) is 17.5. The zero-order valence-electron chi connectivity index (χ0n) is 29.2. The topological polar surface area (TPSA) is 151 Å². The Balaban J connectivity index is 0.000000926. The summed E-state index contributed by atoms with van der Waals surface area (Å²) in [5.41, 5.74) is -0.417. The molecule has 5 rings (SSSR count). The predicted molar refractivity (Wildman–Crippen MR) is 196 cm³/mol. The van der Waals surface area contributed by atoms with Crippen molar-refractivity contribution in [3.8, 4) is 0 Å². The maximum absolute atomic E-state index is 12.7. The van der Waals surface area contributed by atoms with Crippen LogP contribution in [0, 0.1) is 11.8 Å². The van der Waals surface area contributed by atoms with E-state index in [0.29, 0.717) is 11.1 Å². The highest BCUT2D eigenvalue weighted by Crippen LogP contribution is 2.36. The van der Waals surface area contributed by atoms with Crippen molar-refractivity contribution < 1.29 is 55.4 Å². The van der Waals surface area contributed by atoms with Crippen LogP contribution >= 0.6 is 38.6 Å². The maximum Gasteiger partial charge on any atom is 0.416 e. The third kappa shape index (κ3) is 13.3. The molecule has 3 fully saturated rings. The molecule has 0 spiro atoms. The number of hydrogen-bond donors (Lipinski definition) is 3. The molecule has 19 heteroatoms. The SMILES string of the molecule is CO.COC(=O)[C@H](C1CCC1)N(Cc1ccc(C(F)(F)F)cc1)C(=O)CCl.N.O=C1NCC(=O)N(Cc2ccc(C(F)(F)F)cc2)[C@H]1C1CCC1.S.S. The van der Waals surface area contributed by atoms with E-state index in [1.54, 1.807) is 0 Å². The summed E-state index contributed by atoms with van der Waals surface area (Å²) in [4.78, 5) is 51.5. The van der Waals surface area contributed by atoms with Crippen LogP contribution in [0.4, 0.5) is 26.3 Å². The van der Waals surface area contributed by atoms with E-state index in [-0.39, 0.29) is 82.3 Å².